The molecule has 3 heterocycles. The molecular formula is C23H25N5O2S. The minimum atomic E-state index is -0.00611. The van der Waals surface area contributed by atoms with Gasteiger partial charge in [0, 0.05) is 36.7 Å². The largest absolute Gasteiger partial charge is 0.497 e. The lowest BCUT2D eigenvalue weighted by molar-refractivity contribution is 0.178. The molecule has 7 nitrogen and oxygen atoms in total. The number of hydrogen-bond acceptors (Lipinski definition) is 6. The van der Waals surface area contributed by atoms with E-state index in [4.69, 9.17) is 9.72 Å². The van der Waals surface area contributed by atoms with Gasteiger partial charge in [0.25, 0.3) is 0 Å². The predicted molar refractivity (Wildman–Crippen MR) is 124 cm³/mol. The van der Waals surface area contributed by atoms with Gasteiger partial charge in [-0.15, -0.1) is 11.3 Å². The summed E-state index contributed by atoms with van der Waals surface area (Å²) in [5.74, 6) is 0.837. The fraction of sp³-hybridized carbons (Fsp3) is 0.304. The highest BCUT2D eigenvalue weighted by Gasteiger charge is 2.24. The molecule has 0 aliphatic carbocycles. The van der Waals surface area contributed by atoms with Gasteiger partial charge in [0.1, 0.15) is 5.75 Å². The van der Waals surface area contributed by atoms with Gasteiger partial charge in [-0.2, -0.15) is 0 Å². The first-order chi connectivity index (χ1) is 15.2. The predicted octanol–water partition coefficient (Wildman–Crippen LogP) is 4.38. The molecule has 1 aliphatic heterocycles. The van der Waals surface area contributed by atoms with Crippen LogP contribution in [0.15, 0.2) is 58.7 Å². The van der Waals surface area contributed by atoms with Crippen LogP contribution < -0.4 is 15.7 Å². The van der Waals surface area contributed by atoms with Crippen molar-refractivity contribution in [2.45, 2.75) is 25.4 Å². The number of piperidine rings is 1. The van der Waals surface area contributed by atoms with Crippen LogP contribution in [0.1, 0.15) is 24.6 Å². The van der Waals surface area contributed by atoms with Gasteiger partial charge in [-0.25, -0.2) is 9.78 Å². The number of rotatable bonds is 6. The summed E-state index contributed by atoms with van der Waals surface area (Å²) in [6, 6.07) is 16.0. The Morgan fingerprint density at radius 1 is 1.16 bits per heavy atom. The molecule has 1 fully saturated rings. The molecule has 1 saturated heterocycles. The zero-order chi connectivity index (χ0) is 21.2. The molecule has 0 amide bonds. The van der Waals surface area contributed by atoms with Crippen LogP contribution in [0.5, 0.6) is 5.75 Å². The minimum Gasteiger partial charge on any atom is -0.497 e. The average Bonchev–Trinajstić information content (AvgIpc) is 3.37. The number of thiazole rings is 1. The number of methoxy groups -OCH3 is 1. The molecule has 2 aromatic heterocycles. The van der Waals surface area contributed by atoms with Crippen LogP contribution in [0.4, 0.5) is 10.8 Å². The third-order valence-electron chi connectivity index (χ3n) is 5.82. The Morgan fingerprint density at radius 2 is 1.94 bits per heavy atom. The number of benzene rings is 2. The number of likely N-dealkylation sites (tertiary alicyclic amines) is 1. The number of para-hydroxylation sites is 2. The number of hydrogen-bond donors (Lipinski definition) is 2. The molecule has 5 rings (SSSR count). The molecule has 0 radical (unpaired) electrons. The van der Waals surface area contributed by atoms with Gasteiger partial charge < -0.3 is 15.0 Å². The van der Waals surface area contributed by atoms with Crippen LogP contribution in [0.25, 0.3) is 11.0 Å². The normalized spacial score (nSPS) is 15.4. The number of H-pyrrole nitrogens is 1. The van der Waals surface area contributed by atoms with Crippen LogP contribution in [-0.2, 0) is 6.54 Å². The number of imidazole rings is 1. The average molecular weight is 436 g/mol. The maximum atomic E-state index is 12.5. The first-order valence-electron chi connectivity index (χ1n) is 10.5. The number of nitrogens with one attached hydrogen (secondary N) is 2. The quantitative estimate of drug-likeness (QED) is 0.470. The topological polar surface area (TPSA) is 75.2 Å². The fourth-order valence-electron chi connectivity index (χ4n) is 4.24. The second-order valence-corrected chi connectivity index (χ2v) is 8.68. The van der Waals surface area contributed by atoms with Crippen molar-refractivity contribution >= 4 is 33.2 Å². The molecule has 2 N–H and O–H groups in total. The van der Waals surface area contributed by atoms with Gasteiger partial charge in [-0.3, -0.25) is 9.47 Å². The third-order valence-corrected chi connectivity index (χ3v) is 6.63. The number of aromatic nitrogens is 3. The molecule has 0 bridgehead atoms. The Bertz CT molecular complexity index is 1220. The van der Waals surface area contributed by atoms with Gasteiger partial charge >= 0.3 is 5.69 Å². The summed E-state index contributed by atoms with van der Waals surface area (Å²) >= 11 is 1.62. The Kier molecular flexibility index (Phi) is 5.48. The van der Waals surface area contributed by atoms with Crippen LogP contribution in [-0.4, -0.2) is 39.6 Å². The highest BCUT2D eigenvalue weighted by atomic mass is 32.1. The second kappa shape index (κ2) is 8.56. The highest BCUT2D eigenvalue weighted by Crippen LogP contribution is 2.27. The van der Waals surface area contributed by atoms with E-state index in [9.17, 15) is 4.79 Å². The van der Waals surface area contributed by atoms with Crippen molar-refractivity contribution in [3.63, 3.8) is 0 Å². The lowest BCUT2D eigenvalue weighted by Gasteiger charge is -2.32. The summed E-state index contributed by atoms with van der Waals surface area (Å²) in [6.45, 7) is 2.74. The molecular weight excluding hydrogens is 410 g/mol. The van der Waals surface area contributed by atoms with Crippen molar-refractivity contribution in [2.75, 3.05) is 25.5 Å². The zero-order valence-corrected chi connectivity index (χ0v) is 18.2. The van der Waals surface area contributed by atoms with Gasteiger partial charge in [0.2, 0.25) is 0 Å². The molecule has 160 valence electrons. The van der Waals surface area contributed by atoms with Crippen molar-refractivity contribution in [1.82, 2.24) is 19.4 Å². The summed E-state index contributed by atoms with van der Waals surface area (Å²) in [5.41, 5.74) is 3.97. The molecule has 8 heteroatoms. The van der Waals surface area contributed by atoms with Crippen LogP contribution in [0.3, 0.4) is 0 Å². The third kappa shape index (κ3) is 4.22. The van der Waals surface area contributed by atoms with Gasteiger partial charge in [0.15, 0.2) is 5.13 Å². The first-order valence-corrected chi connectivity index (χ1v) is 11.3. The van der Waals surface area contributed by atoms with Crippen LogP contribution in [0.2, 0.25) is 0 Å². The second-order valence-electron chi connectivity index (χ2n) is 7.82. The van der Waals surface area contributed by atoms with Crippen molar-refractivity contribution in [2.24, 2.45) is 0 Å². The van der Waals surface area contributed by atoms with E-state index in [1.165, 1.54) is 0 Å². The summed E-state index contributed by atoms with van der Waals surface area (Å²) in [5, 5.41) is 6.36. The lowest BCUT2D eigenvalue weighted by atomic mass is 10.0. The summed E-state index contributed by atoms with van der Waals surface area (Å²) < 4.78 is 7.14. The van der Waals surface area contributed by atoms with Crippen molar-refractivity contribution in [3.8, 4) is 5.75 Å². The number of ether oxygens (including phenoxy) is 1. The van der Waals surface area contributed by atoms with E-state index < -0.39 is 0 Å². The fourth-order valence-corrected chi connectivity index (χ4v) is 4.96. The van der Waals surface area contributed by atoms with Crippen molar-refractivity contribution in [3.05, 3.63) is 70.1 Å². The molecule has 1 aliphatic rings. The molecule has 4 aromatic rings. The number of nitrogens with zero attached hydrogens (tertiary/aromatic N) is 3. The zero-order valence-electron chi connectivity index (χ0n) is 17.4. The lowest BCUT2D eigenvalue weighted by Crippen LogP contribution is -2.36. The molecule has 0 spiro atoms. The number of aromatic amines is 1. The maximum absolute atomic E-state index is 12.5. The van der Waals surface area contributed by atoms with E-state index in [2.05, 4.69) is 20.6 Å². The maximum Gasteiger partial charge on any atom is 0.326 e. The summed E-state index contributed by atoms with van der Waals surface area (Å²) in [6.07, 6.45) is 1.92. The first kappa shape index (κ1) is 19.8. The molecule has 2 aromatic carbocycles. The van der Waals surface area contributed by atoms with E-state index >= 15 is 0 Å². The van der Waals surface area contributed by atoms with Crippen molar-refractivity contribution < 1.29 is 4.74 Å². The van der Waals surface area contributed by atoms with E-state index in [0.717, 1.165) is 65.8 Å². The molecule has 0 unspecified atom stereocenters. The van der Waals surface area contributed by atoms with Crippen LogP contribution >= 0.6 is 11.3 Å². The molecule has 0 atom stereocenters. The summed E-state index contributed by atoms with van der Waals surface area (Å²) in [7, 11) is 1.66. The Morgan fingerprint density at radius 3 is 2.71 bits per heavy atom. The Labute approximate surface area is 184 Å². The standard InChI is InChI=1S/C23H25N5O2S/c1-30-19-8-6-16(7-9-19)24-22-25-17(15-31-22)14-27-12-10-18(11-13-27)28-21-5-3-2-4-20(21)26-23(28)29/h2-9,15,18H,10-14H2,1H3,(H,24,25)(H,26,29). The number of fused-ring (bicyclic) bond motifs is 1. The Hall–Kier alpha value is -3.10. The molecule has 31 heavy (non-hydrogen) atoms. The van der Waals surface area contributed by atoms with E-state index in [0.29, 0.717) is 0 Å². The highest BCUT2D eigenvalue weighted by molar-refractivity contribution is 7.13. The Balaban J connectivity index is 1.19. The SMILES string of the molecule is COc1ccc(Nc2nc(CN3CCC(n4c(=O)[nH]c5ccccc54)CC3)cs2)cc1. The van der Waals surface area contributed by atoms with Crippen molar-refractivity contribution in [1.29, 1.82) is 0 Å². The van der Waals surface area contributed by atoms with E-state index in [1.54, 1.807) is 18.4 Å². The minimum absolute atomic E-state index is 0.00611. The van der Waals surface area contributed by atoms with E-state index in [-0.39, 0.29) is 11.7 Å². The number of anilines is 2. The van der Waals surface area contributed by atoms with E-state index in [1.807, 2.05) is 53.1 Å². The monoisotopic (exact) mass is 435 g/mol. The van der Waals surface area contributed by atoms with Gasteiger partial charge in [-0.1, -0.05) is 12.1 Å². The summed E-state index contributed by atoms with van der Waals surface area (Å²) in [4.78, 5) is 22.6. The molecule has 0 saturated carbocycles. The van der Waals surface area contributed by atoms with Crippen LogP contribution in [0, 0.1) is 0 Å². The smallest absolute Gasteiger partial charge is 0.326 e. The van der Waals surface area contributed by atoms with Gasteiger partial charge in [0.05, 0.1) is 23.8 Å². The van der Waals surface area contributed by atoms with Gasteiger partial charge in [-0.05, 0) is 49.2 Å².